The van der Waals surface area contributed by atoms with Crippen molar-refractivity contribution in [1.82, 2.24) is 9.55 Å². The van der Waals surface area contributed by atoms with E-state index in [4.69, 9.17) is 10.7 Å². The van der Waals surface area contributed by atoms with Gasteiger partial charge in [0.25, 0.3) is 0 Å². The van der Waals surface area contributed by atoms with E-state index in [1.54, 1.807) is 0 Å². The predicted octanol–water partition coefficient (Wildman–Crippen LogP) is 3.81. The van der Waals surface area contributed by atoms with Crippen molar-refractivity contribution in [3.05, 3.63) is 24.0 Å². The van der Waals surface area contributed by atoms with Crippen LogP contribution in [0.5, 0.6) is 0 Å². The summed E-state index contributed by atoms with van der Waals surface area (Å²) in [4.78, 5) is 4.86. The number of hydrogen-bond donors (Lipinski definition) is 1. The zero-order valence-electron chi connectivity index (χ0n) is 12.5. The highest BCUT2D eigenvalue weighted by Gasteiger charge is 2.25. The molecule has 4 heteroatoms. The Morgan fingerprint density at radius 3 is 2.85 bits per heavy atom. The Hall–Kier alpha value is -1.16. The van der Waals surface area contributed by atoms with E-state index in [1.165, 1.54) is 29.9 Å². The van der Waals surface area contributed by atoms with Crippen LogP contribution in [0.15, 0.2) is 18.2 Å². The van der Waals surface area contributed by atoms with Crippen LogP contribution in [0.25, 0.3) is 11.0 Å². The average molecular weight is 289 g/mol. The Kier molecular flexibility index (Phi) is 3.44. The molecule has 2 N–H and O–H groups in total. The van der Waals surface area contributed by atoms with Gasteiger partial charge in [-0.1, -0.05) is 20.8 Å². The lowest BCUT2D eigenvalue weighted by molar-refractivity contribution is 0.497. The number of hydrogen-bond acceptors (Lipinski definition) is 3. The highest BCUT2D eigenvalue weighted by Crippen LogP contribution is 2.32. The van der Waals surface area contributed by atoms with E-state index in [2.05, 4.69) is 43.2 Å². The molecule has 1 aliphatic rings. The van der Waals surface area contributed by atoms with Crippen LogP contribution in [-0.2, 0) is 12.0 Å². The van der Waals surface area contributed by atoms with E-state index in [9.17, 15) is 0 Å². The monoisotopic (exact) mass is 289 g/mol. The summed E-state index contributed by atoms with van der Waals surface area (Å²) in [6.45, 7) is 7.76. The lowest BCUT2D eigenvalue weighted by Gasteiger charge is -2.22. The number of imidazole rings is 1. The quantitative estimate of drug-likeness (QED) is 0.855. The van der Waals surface area contributed by atoms with Crippen molar-refractivity contribution in [2.45, 2.75) is 50.8 Å². The predicted molar refractivity (Wildman–Crippen MR) is 88.3 cm³/mol. The van der Waals surface area contributed by atoms with Crippen molar-refractivity contribution in [3.8, 4) is 0 Å². The number of thioether (sulfide) groups is 1. The summed E-state index contributed by atoms with van der Waals surface area (Å²) in [5, 5.41) is 0.728. The van der Waals surface area contributed by atoms with Gasteiger partial charge in [-0.2, -0.15) is 11.8 Å². The van der Waals surface area contributed by atoms with Gasteiger partial charge in [-0.15, -0.1) is 0 Å². The maximum atomic E-state index is 5.90. The van der Waals surface area contributed by atoms with Gasteiger partial charge in [0.15, 0.2) is 0 Å². The van der Waals surface area contributed by atoms with E-state index in [0.717, 1.165) is 23.0 Å². The minimum atomic E-state index is 0.0526. The summed E-state index contributed by atoms with van der Waals surface area (Å²) in [7, 11) is 0. The van der Waals surface area contributed by atoms with Crippen LogP contribution < -0.4 is 5.73 Å². The van der Waals surface area contributed by atoms with E-state index >= 15 is 0 Å². The molecule has 2 aromatic rings. The fourth-order valence-electron chi connectivity index (χ4n) is 2.90. The molecule has 0 saturated carbocycles. The Morgan fingerprint density at radius 2 is 2.20 bits per heavy atom. The fourth-order valence-corrected chi connectivity index (χ4v) is 4.15. The van der Waals surface area contributed by atoms with Gasteiger partial charge in [-0.05, 0) is 36.8 Å². The maximum absolute atomic E-state index is 5.90. The highest BCUT2D eigenvalue weighted by molar-refractivity contribution is 8.00. The van der Waals surface area contributed by atoms with Gasteiger partial charge in [0.2, 0.25) is 0 Å². The van der Waals surface area contributed by atoms with Crippen molar-refractivity contribution < 1.29 is 0 Å². The SMILES string of the molecule is CC(C)(C)c1nc2cc(N)ccc2n1CC1CCCS1. The van der Waals surface area contributed by atoms with E-state index in [0.29, 0.717) is 0 Å². The molecule has 20 heavy (non-hydrogen) atoms. The normalized spacial score (nSPS) is 19.9. The van der Waals surface area contributed by atoms with Crippen molar-refractivity contribution in [2.75, 3.05) is 11.5 Å². The molecular formula is C16H23N3S. The van der Waals surface area contributed by atoms with Crippen molar-refractivity contribution in [3.63, 3.8) is 0 Å². The van der Waals surface area contributed by atoms with Gasteiger partial charge in [-0.3, -0.25) is 0 Å². The molecule has 108 valence electrons. The van der Waals surface area contributed by atoms with Crippen LogP contribution in [0.3, 0.4) is 0 Å². The van der Waals surface area contributed by atoms with Crippen molar-refractivity contribution in [2.24, 2.45) is 0 Å². The van der Waals surface area contributed by atoms with E-state index < -0.39 is 0 Å². The van der Waals surface area contributed by atoms with Gasteiger partial charge >= 0.3 is 0 Å². The summed E-state index contributed by atoms with van der Waals surface area (Å²) >= 11 is 2.10. The van der Waals surface area contributed by atoms with Crippen molar-refractivity contribution >= 4 is 28.5 Å². The Morgan fingerprint density at radius 1 is 1.40 bits per heavy atom. The van der Waals surface area contributed by atoms with Gasteiger partial charge < -0.3 is 10.3 Å². The number of nitrogens with two attached hydrogens (primary N) is 1. The smallest absolute Gasteiger partial charge is 0.115 e. The number of benzene rings is 1. The first kappa shape index (κ1) is 13.8. The standard InChI is InChI=1S/C16H23N3S/c1-16(2,3)15-18-13-9-11(17)6-7-14(13)19(15)10-12-5-4-8-20-12/h6-7,9,12H,4-5,8,10,17H2,1-3H3. The zero-order valence-corrected chi connectivity index (χ0v) is 13.3. The van der Waals surface area contributed by atoms with Gasteiger partial charge in [0.05, 0.1) is 11.0 Å². The molecule has 0 spiro atoms. The van der Waals surface area contributed by atoms with Gasteiger partial charge in [0.1, 0.15) is 5.82 Å². The first-order chi connectivity index (χ1) is 9.45. The van der Waals surface area contributed by atoms with Crippen LogP contribution in [0.2, 0.25) is 0 Å². The molecule has 1 aromatic carbocycles. The lowest BCUT2D eigenvalue weighted by Crippen LogP contribution is -2.22. The number of rotatable bonds is 2. The first-order valence-electron chi connectivity index (χ1n) is 7.33. The second kappa shape index (κ2) is 4.99. The Bertz CT molecular complexity index is 618. The third kappa shape index (κ3) is 2.53. The van der Waals surface area contributed by atoms with Crippen LogP contribution in [-0.4, -0.2) is 20.6 Å². The average Bonchev–Trinajstić information content (AvgIpc) is 2.97. The Labute approximate surface area is 124 Å². The largest absolute Gasteiger partial charge is 0.399 e. The Balaban J connectivity index is 2.10. The topological polar surface area (TPSA) is 43.8 Å². The number of nitrogens with zero attached hydrogens (tertiary/aromatic N) is 2. The fraction of sp³-hybridized carbons (Fsp3) is 0.562. The second-order valence-corrected chi connectivity index (χ2v) is 8.09. The summed E-state index contributed by atoms with van der Waals surface area (Å²) < 4.78 is 2.41. The van der Waals surface area contributed by atoms with E-state index in [1.807, 2.05) is 12.1 Å². The molecule has 3 nitrogen and oxygen atoms in total. The third-order valence-electron chi connectivity index (χ3n) is 3.85. The summed E-state index contributed by atoms with van der Waals surface area (Å²) in [5.74, 6) is 2.47. The molecule has 1 atom stereocenters. The zero-order chi connectivity index (χ0) is 14.3. The molecule has 3 rings (SSSR count). The minimum Gasteiger partial charge on any atom is -0.399 e. The molecule has 1 aliphatic heterocycles. The molecule has 1 aromatic heterocycles. The van der Waals surface area contributed by atoms with E-state index in [-0.39, 0.29) is 5.41 Å². The molecule has 0 bridgehead atoms. The molecule has 1 unspecified atom stereocenters. The van der Waals surface area contributed by atoms with Crippen LogP contribution in [0.4, 0.5) is 5.69 Å². The molecule has 0 aliphatic carbocycles. The first-order valence-corrected chi connectivity index (χ1v) is 8.38. The molecule has 0 radical (unpaired) electrons. The molecule has 1 fully saturated rings. The van der Waals surface area contributed by atoms with Crippen molar-refractivity contribution in [1.29, 1.82) is 0 Å². The summed E-state index contributed by atoms with van der Waals surface area (Å²) in [6, 6.07) is 6.09. The maximum Gasteiger partial charge on any atom is 0.115 e. The van der Waals surface area contributed by atoms with Gasteiger partial charge in [0, 0.05) is 22.9 Å². The number of aromatic nitrogens is 2. The number of anilines is 1. The molecule has 1 saturated heterocycles. The van der Waals surface area contributed by atoms with Crippen LogP contribution in [0.1, 0.15) is 39.4 Å². The van der Waals surface area contributed by atoms with Crippen LogP contribution >= 0.6 is 11.8 Å². The van der Waals surface area contributed by atoms with Gasteiger partial charge in [-0.25, -0.2) is 4.98 Å². The lowest BCUT2D eigenvalue weighted by atomic mass is 9.95. The second-order valence-electron chi connectivity index (χ2n) is 6.68. The van der Waals surface area contributed by atoms with Crippen LogP contribution in [0, 0.1) is 0 Å². The molecule has 0 amide bonds. The number of nitrogen functional groups attached to an aromatic ring is 1. The molecular weight excluding hydrogens is 266 g/mol. The highest BCUT2D eigenvalue weighted by atomic mass is 32.2. The third-order valence-corrected chi connectivity index (χ3v) is 5.23. The molecule has 2 heterocycles. The summed E-state index contributed by atoms with van der Waals surface area (Å²) in [5.41, 5.74) is 8.99. The minimum absolute atomic E-state index is 0.0526. The number of fused-ring (bicyclic) bond motifs is 1. The summed E-state index contributed by atoms with van der Waals surface area (Å²) in [6.07, 6.45) is 2.67.